The molecule has 4 nitrogen and oxygen atoms in total. The van der Waals surface area contributed by atoms with Crippen LogP contribution in [0.5, 0.6) is 0 Å². The van der Waals surface area contributed by atoms with Crippen LogP contribution in [0.3, 0.4) is 0 Å². The van der Waals surface area contributed by atoms with Crippen LogP contribution in [-0.2, 0) is 12.8 Å². The zero-order valence-corrected chi connectivity index (χ0v) is 23.1. The number of anilines is 1. The summed E-state index contributed by atoms with van der Waals surface area (Å²) >= 11 is 0. The molecule has 2 aromatic carbocycles. The third-order valence-electron chi connectivity index (χ3n) is 9.44. The highest BCUT2D eigenvalue weighted by molar-refractivity contribution is 5.89. The lowest BCUT2D eigenvalue weighted by molar-refractivity contribution is 0.118. The highest BCUT2D eigenvalue weighted by atomic mass is 15.1. The smallest absolute Gasteiger partial charge is 0.139 e. The van der Waals surface area contributed by atoms with E-state index in [-0.39, 0.29) is 0 Å². The number of benzene rings is 2. The van der Waals surface area contributed by atoms with Gasteiger partial charge in [-0.1, -0.05) is 68.5 Å². The summed E-state index contributed by atoms with van der Waals surface area (Å²) in [5.41, 5.74) is 3.73. The van der Waals surface area contributed by atoms with Crippen LogP contribution in [-0.4, -0.2) is 29.0 Å². The second kappa shape index (κ2) is 11.4. The quantitative estimate of drug-likeness (QED) is 0.230. The molecule has 198 valence electrons. The second-order valence-corrected chi connectivity index (χ2v) is 12.2. The van der Waals surface area contributed by atoms with E-state index in [0.717, 1.165) is 52.6 Å². The molecule has 2 aliphatic carbocycles. The number of nitrogens with zero attached hydrogens (tertiary/aromatic N) is 4. The topological polar surface area (TPSA) is 41.9 Å². The van der Waals surface area contributed by atoms with Crippen molar-refractivity contribution >= 4 is 27.6 Å². The van der Waals surface area contributed by atoms with Gasteiger partial charge in [0, 0.05) is 37.5 Å². The lowest BCUT2D eigenvalue weighted by atomic mass is 9.65. The summed E-state index contributed by atoms with van der Waals surface area (Å²) in [6.07, 6.45) is 16.6. The van der Waals surface area contributed by atoms with Gasteiger partial charge in [-0.25, -0.2) is 9.97 Å². The molecule has 0 radical (unpaired) electrons. The molecule has 2 fully saturated rings. The third-order valence-corrected chi connectivity index (χ3v) is 9.44. The van der Waals surface area contributed by atoms with Crippen LogP contribution in [0.1, 0.15) is 69.2 Å². The number of aryl methyl sites for hydroxylation is 1. The van der Waals surface area contributed by atoms with Crippen LogP contribution in [0.4, 0.5) is 5.82 Å². The SMILES string of the molecule is CN(C)c1nc(CCCC2CCC(CC3CCC3Cc3cccc4cccnc34)CC2)nc2ccccc12. The molecule has 0 spiro atoms. The first-order valence-corrected chi connectivity index (χ1v) is 14.9. The van der Waals surface area contributed by atoms with E-state index in [1.807, 2.05) is 12.3 Å². The fourth-order valence-corrected chi connectivity index (χ4v) is 7.12. The van der Waals surface area contributed by atoms with Crippen molar-refractivity contribution in [2.24, 2.45) is 23.7 Å². The van der Waals surface area contributed by atoms with Gasteiger partial charge in [0.15, 0.2) is 0 Å². The average molecular weight is 507 g/mol. The molecule has 38 heavy (non-hydrogen) atoms. The van der Waals surface area contributed by atoms with E-state index in [4.69, 9.17) is 15.0 Å². The van der Waals surface area contributed by atoms with Gasteiger partial charge >= 0.3 is 0 Å². The van der Waals surface area contributed by atoms with Gasteiger partial charge < -0.3 is 4.90 Å². The van der Waals surface area contributed by atoms with Crippen molar-refractivity contribution in [3.8, 4) is 0 Å². The number of aromatic nitrogens is 3. The maximum atomic E-state index is 4.91. The summed E-state index contributed by atoms with van der Waals surface area (Å²) in [5, 5.41) is 2.42. The van der Waals surface area contributed by atoms with Crippen molar-refractivity contribution in [3.63, 3.8) is 0 Å². The van der Waals surface area contributed by atoms with Crippen LogP contribution in [0, 0.1) is 23.7 Å². The molecule has 2 atom stereocenters. The minimum atomic E-state index is 0.856. The fraction of sp³-hybridized carbons (Fsp3) is 0.500. The van der Waals surface area contributed by atoms with E-state index in [1.54, 1.807) is 0 Å². The van der Waals surface area contributed by atoms with Gasteiger partial charge in [0.1, 0.15) is 11.6 Å². The van der Waals surface area contributed by atoms with Gasteiger partial charge in [-0.3, -0.25) is 4.98 Å². The largest absolute Gasteiger partial charge is 0.362 e. The molecule has 2 saturated carbocycles. The van der Waals surface area contributed by atoms with Crippen molar-refractivity contribution < 1.29 is 0 Å². The van der Waals surface area contributed by atoms with E-state index < -0.39 is 0 Å². The summed E-state index contributed by atoms with van der Waals surface area (Å²) in [4.78, 5) is 16.6. The Hall–Kier alpha value is -3.01. The average Bonchev–Trinajstić information content (AvgIpc) is 2.94. The van der Waals surface area contributed by atoms with Gasteiger partial charge in [0.2, 0.25) is 0 Å². The van der Waals surface area contributed by atoms with Crippen molar-refractivity contribution in [3.05, 3.63) is 72.2 Å². The Balaban J connectivity index is 0.964. The lowest BCUT2D eigenvalue weighted by Crippen LogP contribution is -2.30. The Morgan fingerprint density at radius 2 is 1.58 bits per heavy atom. The molecule has 2 aromatic heterocycles. The number of rotatable bonds is 9. The van der Waals surface area contributed by atoms with E-state index in [1.165, 1.54) is 80.7 Å². The maximum Gasteiger partial charge on any atom is 0.139 e. The van der Waals surface area contributed by atoms with E-state index in [2.05, 4.69) is 67.5 Å². The first-order valence-electron chi connectivity index (χ1n) is 14.9. The van der Waals surface area contributed by atoms with E-state index in [0.29, 0.717) is 0 Å². The molecule has 0 N–H and O–H groups in total. The molecule has 4 aromatic rings. The fourth-order valence-electron chi connectivity index (χ4n) is 7.12. The molecule has 2 unspecified atom stereocenters. The molecule has 0 aliphatic heterocycles. The van der Waals surface area contributed by atoms with Gasteiger partial charge in [-0.15, -0.1) is 0 Å². The molecular formula is C34H42N4. The van der Waals surface area contributed by atoms with Crippen LogP contribution in [0.15, 0.2) is 60.8 Å². The standard InChI is InChI=1S/C34H42N4/c1-38(2)34-30-12-3-4-13-31(30)36-32(37-34)14-5-8-24-15-17-25(18-16-24)22-27-19-20-28(27)23-29-10-6-9-26-11-7-21-35-33(26)29/h3-4,6-7,9-13,21,24-25,27-28H,5,8,14-20,22-23H2,1-2H3. The van der Waals surface area contributed by atoms with Gasteiger partial charge in [-0.05, 0) is 79.5 Å². The highest BCUT2D eigenvalue weighted by Gasteiger charge is 2.34. The Morgan fingerprint density at radius 3 is 2.39 bits per heavy atom. The molecule has 4 heteroatoms. The Morgan fingerprint density at radius 1 is 0.789 bits per heavy atom. The molecular weight excluding hydrogens is 464 g/mol. The highest BCUT2D eigenvalue weighted by Crippen LogP contribution is 2.45. The molecule has 2 heterocycles. The normalized spacial score (nSPS) is 23.4. The van der Waals surface area contributed by atoms with Crippen LogP contribution in [0.25, 0.3) is 21.8 Å². The predicted octanol–water partition coefficient (Wildman–Crippen LogP) is 8.03. The summed E-state index contributed by atoms with van der Waals surface area (Å²) in [6, 6.07) is 19.3. The minimum Gasteiger partial charge on any atom is -0.362 e. The molecule has 0 saturated heterocycles. The van der Waals surface area contributed by atoms with E-state index in [9.17, 15) is 0 Å². The van der Waals surface area contributed by atoms with Crippen molar-refractivity contribution in [2.75, 3.05) is 19.0 Å². The summed E-state index contributed by atoms with van der Waals surface area (Å²) in [6.45, 7) is 0. The Bertz CT molecular complexity index is 1370. The monoisotopic (exact) mass is 506 g/mol. The lowest BCUT2D eigenvalue weighted by Gasteiger charge is -2.40. The third kappa shape index (κ3) is 5.55. The summed E-state index contributed by atoms with van der Waals surface area (Å²) in [5.74, 6) is 5.64. The Labute approximate surface area is 227 Å². The van der Waals surface area contributed by atoms with Gasteiger partial charge in [-0.2, -0.15) is 0 Å². The zero-order valence-electron chi connectivity index (χ0n) is 23.1. The Kier molecular flexibility index (Phi) is 7.58. The number of para-hydroxylation sites is 2. The predicted molar refractivity (Wildman–Crippen MR) is 159 cm³/mol. The van der Waals surface area contributed by atoms with Crippen LogP contribution >= 0.6 is 0 Å². The van der Waals surface area contributed by atoms with Crippen LogP contribution in [0.2, 0.25) is 0 Å². The van der Waals surface area contributed by atoms with Crippen molar-refractivity contribution in [1.29, 1.82) is 0 Å². The first kappa shape index (κ1) is 25.3. The molecule has 6 rings (SSSR count). The number of fused-ring (bicyclic) bond motifs is 2. The number of hydrogen-bond acceptors (Lipinski definition) is 4. The second-order valence-electron chi connectivity index (χ2n) is 12.2. The number of pyridine rings is 1. The summed E-state index contributed by atoms with van der Waals surface area (Å²) in [7, 11) is 4.15. The molecule has 0 bridgehead atoms. The van der Waals surface area contributed by atoms with Crippen molar-refractivity contribution in [2.45, 2.75) is 70.6 Å². The molecule has 0 amide bonds. The first-order chi connectivity index (χ1) is 18.6. The summed E-state index contributed by atoms with van der Waals surface area (Å²) < 4.78 is 0. The minimum absolute atomic E-state index is 0.856. The number of hydrogen-bond donors (Lipinski definition) is 0. The van der Waals surface area contributed by atoms with Crippen molar-refractivity contribution in [1.82, 2.24) is 15.0 Å². The molecule has 2 aliphatic rings. The zero-order chi connectivity index (χ0) is 25.9. The van der Waals surface area contributed by atoms with E-state index >= 15 is 0 Å². The van der Waals surface area contributed by atoms with Gasteiger partial charge in [0.05, 0.1) is 11.0 Å². The maximum absolute atomic E-state index is 4.91. The van der Waals surface area contributed by atoms with Crippen LogP contribution < -0.4 is 4.90 Å². The van der Waals surface area contributed by atoms with Gasteiger partial charge in [0.25, 0.3) is 0 Å².